The minimum atomic E-state index is -0.440. The van der Waals surface area contributed by atoms with Gasteiger partial charge in [0.25, 0.3) is 5.56 Å². The van der Waals surface area contributed by atoms with Gasteiger partial charge < -0.3 is 9.47 Å². The molecule has 0 saturated heterocycles. The van der Waals surface area contributed by atoms with E-state index in [9.17, 15) is 9.59 Å². The van der Waals surface area contributed by atoms with Crippen LogP contribution in [0.2, 0.25) is 10.0 Å². The van der Waals surface area contributed by atoms with Gasteiger partial charge in [-0.3, -0.25) is 13.9 Å². The topological polar surface area (TPSA) is 65.1 Å². The van der Waals surface area contributed by atoms with Crippen molar-refractivity contribution in [2.45, 2.75) is 33.9 Å². The Kier molecular flexibility index (Phi) is 5.57. The molecule has 0 saturated carbocycles. The monoisotopic (exact) mass is 497 g/mol. The molecule has 0 amide bonds. The summed E-state index contributed by atoms with van der Waals surface area (Å²) in [4.78, 5) is 33.8. The fourth-order valence-electron chi connectivity index (χ4n) is 4.79. The number of hydrogen-bond donors (Lipinski definition) is 0. The number of nitrogens with zero attached hydrogens (tertiary/aromatic N) is 5. The summed E-state index contributed by atoms with van der Waals surface area (Å²) < 4.78 is 4.60. The standard InChI is InChI=1S/C25H25Cl2N5O2/c1-14-7-15(2)9-19(8-14)30-11-16(3)12-31-21-22(28-24(30)31)29(4)25(34)32(23(21)33)13-17-5-6-18(26)10-20(17)27/h5-10,16H,11-13H2,1-4H3/t16-/m1/s1. The number of anilines is 2. The van der Waals surface area contributed by atoms with Crippen LogP contribution in [-0.2, 0) is 20.1 Å². The molecule has 4 aromatic rings. The van der Waals surface area contributed by atoms with Crippen LogP contribution >= 0.6 is 23.2 Å². The molecule has 5 rings (SSSR count). The molecule has 0 N–H and O–H groups in total. The Morgan fingerprint density at radius 3 is 2.41 bits per heavy atom. The van der Waals surface area contributed by atoms with Gasteiger partial charge in [0.2, 0.25) is 5.95 Å². The first-order valence-electron chi connectivity index (χ1n) is 11.1. The summed E-state index contributed by atoms with van der Waals surface area (Å²) in [6.45, 7) is 7.75. The van der Waals surface area contributed by atoms with E-state index in [0.29, 0.717) is 39.3 Å². The largest absolute Gasteiger partial charge is 0.332 e. The van der Waals surface area contributed by atoms with Crippen molar-refractivity contribution in [1.29, 1.82) is 0 Å². The van der Waals surface area contributed by atoms with Gasteiger partial charge in [0, 0.05) is 35.9 Å². The maximum absolute atomic E-state index is 13.7. The summed E-state index contributed by atoms with van der Waals surface area (Å²) in [6, 6.07) is 11.4. The normalized spacial score (nSPS) is 15.7. The average Bonchev–Trinajstić information content (AvgIpc) is 3.15. The molecule has 34 heavy (non-hydrogen) atoms. The first-order valence-corrected chi connectivity index (χ1v) is 11.9. The summed E-state index contributed by atoms with van der Waals surface area (Å²) in [7, 11) is 1.65. The van der Waals surface area contributed by atoms with Gasteiger partial charge in [0.05, 0.1) is 6.54 Å². The molecule has 0 radical (unpaired) electrons. The smallest absolute Gasteiger partial charge is 0.312 e. The molecule has 2 aromatic carbocycles. The molecular formula is C25H25Cl2N5O2. The van der Waals surface area contributed by atoms with Crippen LogP contribution in [0.3, 0.4) is 0 Å². The van der Waals surface area contributed by atoms with Crippen LogP contribution in [0.25, 0.3) is 11.2 Å². The molecule has 7 nitrogen and oxygen atoms in total. The molecule has 176 valence electrons. The van der Waals surface area contributed by atoms with Crippen molar-refractivity contribution in [2.24, 2.45) is 13.0 Å². The number of rotatable bonds is 3. The number of hydrogen-bond acceptors (Lipinski definition) is 4. The first kappa shape index (κ1) is 22.7. The third-order valence-electron chi connectivity index (χ3n) is 6.30. The summed E-state index contributed by atoms with van der Waals surface area (Å²) in [5.74, 6) is 0.953. The predicted molar refractivity (Wildman–Crippen MR) is 137 cm³/mol. The molecule has 1 atom stereocenters. The van der Waals surface area contributed by atoms with Crippen LogP contribution in [0.5, 0.6) is 0 Å². The Hall–Kier alpha value is -3.03. The zero-order valence-corrected chi connectivity index (χ0v) is 21.0. The van der Waals surface area contributed by atoms with Crippen molar-refractivity contribution in [3.05, 3.63) is 84.0 Å². The molecule has 9 heteroatoms. The van der Waals surface area contributed by atoms with Gasteiger partial charge in [0.15, 0.2) is 11.2 Å². The Balaban J connectivity index is 1.72. The van der Waals surface area contributed by atoms with Crippen LogP contribution in [0.15, 0.2) is 46.0 Å². The maximum Gasteiger partial charge on any atom is 0.332 e. The molecule has 0 spiro atoms. The average molecular weight is 498 g/mol. The minimum Gasteiger partial charge on any atom is -0.312 e. The van der Waals surface area contributed by atoms with Crippen molar-refractivity contribution in [2.75, 3.05) is 11.4 Å². The van der Waals surface area contributed by atoms with Crippen LogP contribution in [0.4, 0.5) is 11.6 Å². The van der Waals surface area contributed by atoms with E-state index in [2.05, 4.69) is 43.9 Å². The van der Waals surface area contributed by atoms with E-state index in [0.717, 1.165) is 23.4 Å². The lowest BCUT2D eigenvalue weighted by Gasteiger charge is -2.33. The molecule has 0 fully saturated rings. The summed E-state index contributed by atoms with van der Waals surface area (Å²) in [5.41, 5.74) is 3.97. The molecule has 3 heterocycles. The molecule has 1 aliphatic rings. The fourth-order valence-corrected chi connectivity index (χ4v) is 5.26. The number of aromatic nitrogens is 4. The van der Waals surface area contributed by atoms with Crippen molar-refractivity contribution in [1.82, 2.24) is 18.7 Å². The van der Waals surface area contributed by atoms with E-state index < -0.39 is 5.69 Å². The van der Waals surface area contributed by atoms with Gasteiger partial charge in [-0.1, -0.05) is 42.3 Å². The van der Waals surface area contributed by atoms with Gasteiger partial charge in [-0.25, -0.2) is 4.79 Å². The van der Waals surface area contributed by atoms with E-state index >= 15 is 0 Å². The van der Waals surface area contributed by atoms with E-state index in [-0.39, 0.29) is 18.0 Å². The van der Waals surface area contributed by atoms with Gasteiger partial charge in [-0.15, -0.1) is 0 Å². The lowest BCUT2D eigenvalue weighted by Crippen LogP contribution is -2.40. The zero-order valence-electron chi connectivity index (χ0n) is 19.5. The Morgan fingerprint density at radius 1 is 1.03 bits per heavy atom. The second kappa shape index (κ2) is 8.32. The van der Waals surface area contributed by atoms with Crippen molar-refractivity contribution < 1.29 is 0 Å². The summed E-state index contributed by atoms with van der Waals surface area (Å²) in [5, 5.41) is 0.904. The van der Waals surface area contributed by atoms with E-state index in [1.165, 1.54) is 9.13 Å². The number of aryl methyl sites for hydroxylation is 3. The van der Waals surface area contributed by atoms with Gasteiger partial charge in [-0.2, -0.15) is 4.98 Å². The quantitative estimate of drug-likeness (QED) is 0.412. The molecule has 0 aliphatic carbocycles. The number of fused-ring (bicyclic) bond motifs is 3. The molecule has 0 unspecified atom stereocenters. The minimum absolute atomic E-state index is 0.0499. The highest BCUT2D eigenvalue weighted by atomic mass is 35.5. The maximum atomic E-state index is 13.7. The van der Waals surface area contributed by atoms with Gasteiger partial charge >= 0.3 is 5.69 Å². The lowest BCUT2D eigenvalue weighted by molar-refractivity contribution is 0.458. The predicted octanol–water partition coefficient (Wildman–Crippen LogP) is 4.66. The lowest BCUT2D eigenvalue weighted by atomic mass is 10.1. The zero-order chi connectivity index (χ0) is 24.3. The van der Waals surface area contributed by atoms with Gasteiger partial charge in [0.1, 0.15) is 0 Å². The van der Waals surface area contributed by atoms with Crippen molar-refractivity contribution in [3.8, 4) is 0 Å². The second-order valence-electron chi connectivity index (χ2n) is 9.22. The molecule has 1 aliphatic heterocycles. The number of imidazole rings is 1. The van der Waals surface area contributed by atoms with Gasteiger partial charge in [-0.05, 0) is 60.7 Å². The third kappa shape index (κ3) is 3.73. The Morgan fingerprint density at radius 2 is 1.74 bits per heavy atom. The highest BCUT2D eigenvalue weighted by Gasteiger charge is 2.30. The van der Waals surface area contributed by atoms with Crippen LogP contribution in [0.1, 0.15) is 23.6 Å². The second-order valence-corrected chi connectivity index (χ2v) is 10.1. The fraction of sp³-hybridized carbons (Fsp3) is 0.320. The van der Waals surface area contributed by atoms with Crippen LogP contribution < -0.4 is 16.1 Å². The molecule has 0 bridgehead atoms. The van der Waals surface area contributed by atoms with E-state index in [1.54, 1.807) is 25.2 Å². The Labute approximate surface area is 206 Å². The number of benzene rings is 2. The molecular weight excluding hydrogens is 473 g/mol. The summed E-state index contributed by atoms with van der Waals surface area (Å²) in [6.07, 6.45) is 0. The van der Waals surface area contributed by atoms with Crippen LogP contribution in [0, 0.1) is 19.8 Å². The Bertz CT molecular complexity index is 1550. The number of halogens is 2. The highest BCUT2D eigenvalue weighted by Crippen LogP contribution is 2.33. The summed E-state index contributed by atoms with van der Waals surface area (Å²) >= 11 is 12.3. The molecule has 2 aromatic heterocycles. The van der Waals surface area contributed by atoms with Crippen LogP contribution in [-0.4, -0.2) is 25.2 Å². The highest BCUT2D eigenvalue weighted by molar-refractivity contribution is 6.35. The SMILES string of the molecule is Cc1cc(C)cc(N2C[C@@H](C)Cn3c2nc2c3c(=O)n(Cc3ccc(Cl)cc3Cl)c(=O)n2C)c1. The van der Waals surface area contributed by atoms with E-state index in [4.69, 9.17) is 28.2 Å². The third-order valence-corrected chi connectivity index (χ3v) is 6.89. The van der Waals surface area contributed by atoms with Crippen molar-refractivity contribution >= 4 is 46.0 Å². The van der Waals surface area contributed by atoms with E-state index in [1.807, 2.05) is 4.57 Å². The van der Waals surface area contributed by atoms with Crippen molar-refractivity contribution in [3.63, 3.8) is 0 Å². The first-order chi connectivity index (χ1) is 16.1.